The van der Waals surface area contributed by atoms with Gasteiger partial charge in [-0.25, -0.2) is 4.98 Å². The molecule has 0 amide bonds. The van der Waals surface area contributed by atoms with Crippen molar-refractivity contribution in [3.63, 3.8) is 0 Å². The minimum absolute atomic E-state index is 0.00274. The molecule has 2 aromatic rings. The summed E-state index contributed by atoms with van der Waals surface area (Å²) in [6.07, 6.45) is 6.53. The van der Waals surface area contributed by atoms with Crippen LogP contribution in [0.1, 0.15) is 25.7 Å². The van der Waals surface area contributed by atoms with Crippen molar-refractivity contribution in [3.8, 4) is 5.75 Å². The Morgan fingerprint density at radius 1 is 1.30 bits per heavy atom. The Morgan fingerprint density at radius 3 is 2.80 bits per heavy atom. The van der Waals surface area contributed by atoms with Gasteiger partial charge in [-0.3, -0.25) is 0 Å². The standard InChI is InChI=1S/C16H19ClN2O/c1-20-13-4-5-14-12(10-13)6-9-18-15(14)19-16(11-17)7-2-3-8-16/h4-6,9-10H,2-3,7-8,11H2,1H3,(H,18,19). The lowest BCUT2D eigenvalue weighted by Crippen LogP contribution is -2.37. The Hall–Kier alpha value is -1.48. The summed E-state index contributed by atoms with van der Waals surface area (Å²) in [5.41, 5.74) is 0.00274. The third-order valence-electron chi connectivity index (χ3n) is 4.17. The van der Waals surface area contributed by atoms with Crippen LogP contribution < -0.4 is 10.1 Å². The molecular formula is C16H19ClN2O. The molecule has 3 nitrogen and oxygen atoms in total. The number of anilines is 1. The number of rotatable bonds is 4. The zero-order chi connectivity index (χ0) is 14.0. The van der Waals surface area contributed by atoms with E-state index in [1.165, 1.54) is 12.8 Å². The summed E-state index contributed by atoms with van der Waals surface area (Å²) in [6, 6.07) is 8.06. The van der Waals surface area contributed by atoms with Crippen molar-refractivity contribution in [1.29, 1.82) is 0 Å². The van der Waals surface area contributed by atoms with E-state index in [1.807, 2.05) is 24.4 Å². The quantitative estimate of drug-likeness (QED) is 0.857. The number of ether oxygens (including phenoxy) is 1. The fraction of sp³-hybridized carbons (Fsp3) is 0.438. The number of nitrogens with zero attached hydrogens (tertiary/aromatic N) is 1. The lowest BCUT2D eigenvalue weighted by atomic mass is 10.00. The third-order valence-corrected chi connectivity index (χ3v) is 4.68. The Balaban J connectivity index is 1.99. The predicted octanol–water partition coefficient (Wildman–Crippen LogP) is 4.21. The van der Waals surface area contributed by atoms with Crippen LogP contribution >= 0.6 is 11.6 Å². The van der Waals surface area contributed by atoms with Crippen LogP contribution in [0.25, 0.3) is 10.8 Å². The second-order valence-corrected chi connectivity index (χ2v) is 5.76. The number of hydrogen-bond donors (Lipinski definition) is 1. The van der Waals surface area contributed by atoms with Gasteiger partial charge in [-0.2, -0.15) is 0 Å². The van der Waals surface area contributed by atoms with Crippen LogP contribution in [0.4, 0.5) is 5.82 Å². The molecule has 3 rings (SSSR count). The minimum Gasteiger partial charge on any atom is -0.497 e. The van der Waals surface area contributed by atoms with Crippen molar-refractivity contribution in [1.82, 2.24) is 4.98 Å². The summed E-state index contributed by atoms with van der Waals surface area (Å²) < 4.78 is 5.27. The molecule has 4 heteroatoms. The van der Waals surface area contributed by atoms with E-state index in [2.05, 4.69) is 16.4 Å². The lowest BCUT2D eigenvalue weighted by Gasteiger charge is -2.29. The molecule has 1 aliphatic rings. The summed E-state index contributed by atoms with van der Waals surface area (Å²) >= 11 is 6.20. The summed E-state index contributed by atoms with van der Waals surface area (Å²) in [6.45, 7) is 0. The van der Waals surface area contributed by atoms with E-state index in [9.17, 15) is 0 Å². The highest BCUT2D eigenvalue weighted by molar-refractivity contribution is 6.19. The van der Waals surface area contributed by atoms with Gasteiger partial charge in [-0.1, -0.05) is 12.8 Å². The van der Waals surface area contributed by atoms with Crippen LogP contribution in [0.3, 0.4) is 0 Å². The molecule has 106 valence electrons. The summed E-state index contributed by atoms with van der Waals surface area (Å²) in [4.78, 5) is 4.51. The molecule has 1 N–H and O–H groups in total. The molecule has 0 unspecified atom stereocenters. The fourth-order valence-corrected chi connectivity index (χ4v) is 3.31. The zero-order valence-electron chi connectivity index (χ0n) is 11.7. The molecule has 1 fully saturated rings. The van der Waals surface area contributed by atoms with E-state index >= 15 is 0 Å². The second-order valence-electron chi connectivity index (χ2n) is 5.49. The third kappa shape index (κ3) is 2.42. The smallest absolute Gasteiger partial charge is 0.134 e. The molecule has 0 aliphatic heterocycles. The average Bonchev–Trinajstić information content (AvgIpc) is 2.96. The number of fused-ring (bicyclic) bond motifs is 1. The molecule has 0 spiro atoms. The molecule has 1 saturated carbocycles. The molecular weight excluding hydrogens is 272 g/mol. The van der Waals surface area contributed by atoms with Gasteiger partial charge < -0.3 is 10.1 Å². The van der Waals surface area contributed by atoms with Crippen LogP contribution in [0.15, 0.2) is 30.5 Å². The van der Waals surface area contributed by atoms with Crippen molar-refractivity contribution in [3.05, 3.63) is 30.5 Å². The molecule has 1 aliphatic carbocycles. The van der Waals surface area contributed by atoms with Gasteiger partial charge in [0.2, 0.25) is 0 Å². The highest BCUT2D eigenvalue weighted by atomic mass is 35.5. The monoisotopic (exact) mass is 290 g/mol. The maximum absolute atomic E-state index is 6.20. The summed E-state index contributed by atoms with van der Waals surface area (Å²) in [5, 5.41) is 5.85. The molecule has 1 aromatic carbocycles. The Labute approximate surface area is 124 Å². The number of alkyl halides is 1. The zero-order valence-corrected chi connectivity index (χ0v) is 12.4. The predicted molar refractivity (Wildman–Crippen MR) is 83.8 cm³/mol. The summed E-state index contributed by atoms with van der Waals surface area (Å²) in [5.74, 6) is 2.41. The highest BCUT2D eigenvalue weighted by Gasteiger charge is 2.33. The average molecular weight is 291 g/mol. The van der Waals surface area contributed by atoms with Gasteiger partial charge in [0, 0.05) is 17.5 Å². The molecule has 0 radical (unpaired) electrons. The first-order chi connectivity index (χ1) is 9.76. The maximum atomic E-state index is 6.20. The lowest BCUT2D eigenvalue weighted by molar-refractivity contribution is 0.415. The fourth-order valence-electron chi connectivity index (χ4n) is 2.98. The van der Waals surface area contributed by atoms with Crippen molar-refractivity contribution < 1.29 is 4.74 Å². The van der Waals surface area contributed by atoms with Gasteiger partial charge in [-0.15, -0.1) is 11.6 Å². The number of benzene rings is 1. The van der Waals surface area contributed by atoms with Gasteiger partial charge in [-0.05, 0) is 42.5 Å². The topological polar surface area (TPSA) is 34.1 Å². The number of aromatic nitrogens is 1. The van der Waals surface area contributed by atoms with E-state index in [1.54, 1.807) is 7.11 Å². The van der Waals surface area contributed by atoms with Crippen LogP contribution in [0.2, 0.25) is 0 Å². The first-order valence-corrected chi connectivity index (χ1v) is 7.57. The number of methoxy groups -OCH3 is 1. The number of nitrogens with one attached hydrogen (secondary N) is 1. The van der Waals surface area contributed by atoms with Crippen molar-refractivity contribution >= 4 is 28.2 Å². The van der Waals surface area contributed by atoms with Crippen LogP contribution in [0, 0.1) is 0 Å². The van der Waals surface area contributed by atoms with Crippen LogP contribution in [-0.2, 0) is 0 Å². The SMILES string of the molecule is COc1ccc2c(NC3(CCl)CCCC3)nccc2c1. The van der Waals surface area contributed by atoms with Gasteiger partial charge in [0.25, 0.3) is 0 Å². The molecule has 20 heavy (non-hydrogen) atoms. The van der Waals surface area contributed by atoms with Crippen molar-refractivity contribution in [2.45, 2.75) is 31.2 Å². The normalized spacial score (nSPS) is 17.3. The van der Waals surface area contributed by atoms with Crippen LogP contribution in [-0.4, -0.2) is 23.5 Å². The summed E-state index contributed by atoms with van der Waals surface area (Å²) in [7, 11) is 1.68. The molecule has 0 saturated heterocycles. The number of halogens is 1. The number of pyridine rings is 1. The van der Waals surface area contributed by atoms with E-state index in [0.29, 0.717) is 5.88 Å². The molecule has 0 atom stereocenters. The van der Waals surface area contributed by atoms with Gasteiger partial charge in [0.1, 0.15) is 11.6 Å². The van der Waals surface area contributed by atoms with Gasteiger partial charge in [0.05, 0.1) is 12.6 Å². The molecule has 1 heterocycles. The molecule has 0 bridgehead atoms. The maximum Gasteiger partial charge on any atom is 0.134 e. The van der Waals surface area contributed by atoms with Crippen molar-refractivity contribution in [2.24, 2.45) is 0 Å². The minimum atomic E-state index is 0.00274. The van der Waals surface area contributed by atoms with E-state index in [-0.39, 0.29) is 5.54 Å². The van der Waals surface area contributed by atoms with E-state index in [0.717, 1.165) is 35.2 Å². The van der Waals surface area contributed by atoms with E-state index in [4.69, 9.17) is 16.3 Å². The van der Waals surface area contributed by atoms with Crippen molar-refractivity contribution in [2.75, 3.05) is 18.3 Å². The van der Waals surface area contributed by atoms with E-state index < -0.39 is 0 Å². The van der Waals surface area contributed by atoms with Crippen LogP contribution in [0.5, 0.6) is 5.75 Å². The van der Waals surface area contributed by atoms with Gasteiger partial charge in [0.15, 0.2) is 0 Å². The first-order valence-electron chi connectivity index (χ1n) is 7.03. The Bertz CT molecular complexity index is 608. The highest BCUT2D eigenvalue weighted by Crippen LogP contribution is 2.35. The number of hydrogen-bond acceptors (Lipinski definition) is 3. The Morgan fingerprint density at radius 2 is 2.10 bits per heavy atom. The largest absolute Gasteiger partial charge is 0.497 e. The molecule has 1 aromatic heterocycles. The Kier molecular flexibility index (Phi) is 3.70. The van der Waals surface area contributed by atoms with Gasteiger partial charge >= 0.3 is 0 Å². The first kappa shape index (κ1) is 13.5. The second kappa shape index (κ2) is 5.49.